The van der Waals surface area contributed by atoms with Crippen LogP contribution in [0.5, 0.6) is 0 Å². The Morgan fingerprint density at radius 3 is 2.62 bits per heavy atom. The summed E-state index contributed by atoms with van der Waals surface area (Å²) in [7, 11) is 1.96. The normalized spacial score (nSPS) is 26.2. The molecule has 2 rings (SSSR count). The van der Waals surface area contributed by atoms with E-state index < -0.39 is 0 Å². The number of hydrogen-bond donors (Lipinski definition) is 1. The van der Waals surface area contributed by atoms with Crippen LogP contribution in [0.3, 0.4) is 0 Å². The number of amides is 1. The van der Waals surface area contributed by atoms with Crippen molar-refractivity contribution >= 4 is 5.91 Å². The molecule has 3 heteroatoms. The van der Waals surface area contributed by atoms with E-state index in [1.807, 2.05) is 11.9 Å². The van der Waals surface area contributed by atoms with Gasteiger partial charge >= 0.3 is 0 Å². The van der Waals surface area contributed by atoms with Gasteiger partial charge in [-0.1, -0.05) is 12.8 Å². The summed E-state index contributed by atoms with van der Waals surface area (Å²) < 4.78 is 0. The number of carbonyl (C=O) groups excluding carboxylic acids is 1. The molecule has 1 aliphatic carbocycles. The summed E-state index contributed by atoms with van der Waals surface area (Å²) in [4.78, 5) is 13.9. The molecular formula is C13H24N2O. The summed E-state index contributed by atoms with van der Waals surface area (Å²) in [5.74, 6) is 1.02. The quantitative estimate of drug-likeness (QED) is 0.789. The monoisotopic (exact) mass is 224 g/mol. The predicted octanol–water partition coefficient (Wildman–Crippen LogP) is 1.78. The van der Waals surface area contributed by atoms with Gasteiger partial charge in [-0.15, -0.1) is 0 Å². The van der Waals surface area contributed by atoms with Crippen molar-refractivity contribution in [3.63, 3.8) is 0 Å². The number of nitrogens with one attached hydrogen (secondary N) is 1. The summed E-state index contributed by atoms with van der Waals surface area (Å²) in [6.45, 7) is 2.01. The summed E-state index contributed by atoms with van der Waals surface area (Å²) >= 11 is 0. The summed E-state index contributed by atoms with van der Waals surface area (Å²) in [5, 5.41) is 3.44. The van der Waals surface area contributed by atoms with Gasteiger partial charge in [0, 0.05) is 26.1 Å². The van der Waals surface area contributed by atoms with Crippen LogP contribution in [0.1, 0.15) is 44.9 Å². The van der Waals surface area contributed by atoms with Gasteiger partial charge in [-0.3, -0.25) is 4.79 Å². The second-order valence-electron chi connectivity index (χ2n) is 5.42. The molecule has 2 aliphatic rings. The third kappa shape index (κ3) is 3.21. The second-order valence-corrected chi connectivity index (χ2v) is 5.42. The minimum atomic E-state index is 0.348. The lowest BCUT2D eigenvalue weighted by Crippen LogP contribution is -2.39. The van der Waals surface area contributed by atoms with Gasteiger partial charge in [-0.25, -0.2) is 0 Å². The maximum Gasteiger partial charge on any atom is 0.222 e. The van der Waals surface area contributed by atoms with Crippen LogP contribution in [-0.4, -0.2) is 37.0 Å². The topological polar surface area (TPSA) is 32.3 Å². The van der Waals surface area contributed by atoms with Gasteiger partial charge in [0.05, 0.1) is 0 Å². The van der Waals surface area contributed by atoms with Gasteiger partial charge in [-0.2, -0.15) is 0 Å². The SMILES string of the molecule is CN(CC1CCCN1)C(=O)CC1CCCC1. The van der Waals surface area contributed by atoms with E-state index in [1.54, 1.807) is 0 Å². The van der Waals surface area contributed by atoms with E-state index in [1.165, 1.54) is 38.5 Å². The summed E-state index contributed by atoms with van der Waals surface area (Å²) in [6, 6.07) is 0.539. The van der Waals surface area contributed by atoms with Crippen LogP contribution in [0.2, 0.25) is 0 Å². The fourth-order valence-corrected chi connectivity index (χ4v) is 2.96. The van der Waals surface area contributed by atoms with Gasteiger partial charge in [-0.05, 0) is 38.1 Å². The van der Waals surface area contributed by atoms with Crippen LogP contribution >= 0.6 is 0 Å². The zero-order valence-corrected chi connectivity index (χ0v) is 10.4. The molecule has 1 N–H and O–H groups in total. The van der Waals surface area contributed by atoms with Crippen molar-refractivity contribution in [2.75, 3.05) is 20.1 Å². The van der Waals surface area contributed by atoms with Crippen molar-refractivity contribution in [3.8, 4) is 0 Å². The molecule has 0 bridgehead atoms. The lowest BCUT2D eigenvalue weighted by atomic mass is 10.0. The number of carbonyl (C=O) groups is 1. The van der Waals surface area contributed by atoms with Crippen LogP contribution in [-0.2, 0) is 4.79 Å². The smallest absolute Gasteiger partial charge is 0.222 e. The van der Waals surface area contributed by atoms with Crippen molar-refractivity contribution < 1.29 is 4.79 Å². The van der Waals surface area contributed by atoms with Crippen molar-refractivity contribution in [1.29, 1.82) is 0 Å². The van der Waals surface area contributed by atoms with E-state index in [-0.39, 0.29) is 0 Å². The first-order valence-corrected chi connectivity index (χ1v) is 6.73. The fraction of sp³-hybridized carbons (Fsp3) is 0.923. The Labute approximate surface area is 98.6 Å². The van der Waals surface area contributed by atoms with Gasteiger partial charge in [0.15, 0.2) is 0 Å². The summed E-state index contributed by atoms with van der Waals surface area (Å²) in [5.41, 5.74) is 0. The maximum absolute atomic E-state index is 12.0. The molecule has 0 aromatic heterocycles. The van der Waals surface area contributed by atoms with Crippen molar-refractivity contribution in [2.45, 2.75) is 51.0 Å². The largest absolute Gasteiger partial charge is 0.344 e. The predicted molar refractivity (Wildman–Crippen MR) is 65.2 cm³/mol. The Balaban J connectivity index is 1.70. The minimum absolute atomic E-state index is 0.348. The third-order valence-electron chi connectivity index (χ3n) is 4.02. The fourth-order valence-electron chi connectivity index (χ4n) is 2.96. The van der Waals surface area contributed by atoms with Crippen LogP contribution in [0.4, 0.5) is 0 Å². The zero-order chi connectivity index (χ0) is 11.4. The Bertz CT molecular complexity index is 230. The first-order chi connectivity index (χ1) is 7.75. The minimum Gasteiger partial charge on any atom is -0.344 e. The lowest BCUT2D eigenvalue weighted by molar-refractivity contribution is -0.131. The molecule has 92 valence electrons. The van der Waals surface area contributed by atoms with Gasteiger partial charge in [0.25, 0.3) is 0 Å². The molecule has 2 fully saturated rings. The molecule has 0 spiro atoms. The first-order valence-electron chi connectivity index (χ1n) is 6.73. The molecule has 1 atom stereocenters. The van der Waals surface area contributed by atoms with Crippen LogP contribution < -0.4 is 5.32 Å². The Morgan fingerprint density at radius 1 is 1.25 bits per heavy atom. The highest BCUT2D eigenvalue weighted by molar-refractivity contribution is 5.76. The van der Waals surface area contributed by atoms with Gasteiger partial charge in [0.2, 0.25) is 5.91 Å². The molecule has 1 unspecified atom stereocenters. The highest BCUT2D eigenvalue weighted by Gasteiger charge is 2.22. The second kappa shape index (κ2) is 5.67. The molecular weight excluding hydrogens is 200 g/mol. The number of hydrogen-bond acceptors (Lipinski definition) is 2. The first kappa shape index (κ1) is 11.9. The van der Waals surface area contributed by atoms with Gasteiger partial charge in [0.1, 0.15) is 0 Å². The van der Waals surface area contributed by atoms with E-state index >= 15 is 0 Å². The van der Waals surface area contributed by atoms with Crippen molar-refractivity contribution in [1.82, 2.24) is 10.2 Å². The standard InChI is InChI=1S/C13H24N2O/c1-15(10-12-7-4-8-14-12)13(16)9-11-5-2-3-6-11/h11-12,14H,2-10H2,1H3. The molecule has 3 nitrogen and oxygen atoms in total. The van der Waals surface area contributed by atoms with Crippen LogP contribution in [0, 0.1) is 5.92 Å². The lowest BCUT2D eigenvalue weighted by Gasteiger charge is -2.22. The summed E-state index contributed by atoms with van der Waals surface area (Å²) in [6.07, 6.45) is 8.44. The molecule has 1 heterocycles. The van der Waals surface area contributed by atoms with E-state index in [0.717, 1.165) is 19.5 Å². The number of rotatable bonds is 4. The average molecular weight is 224 g/mol. The van der Waals surface area contributed by atoms with Crippen LogP contribution in [0.15, 0.2) is 0 Å². The van der Waals surface area contributed by atoms with E-state index in [0.29, 0.717) is 17.9 Å². The molecule has 1 amide bonds. The number of nitrogens with zero attached hydrogens (tertiary/aromatic N) is 1. The Kier molecular flexibility index (Phi) is 4.22. The van der Waals surface area contributed by atoms with E-state index in [4.69, 9.17) is 0 Å². The highest BCUT2D eigenvalue weighted by Crippen LogP contribution is 2.27. The molecule has 1 saturated carbocycles. The zero-order valence-electron chi connectivity index (χ0n) is 10.4. The Hall–Kier alpha value is -0.570. The average Bonchev–Trinajstić information content (AvgIpc) is 2.90. The van der Waals surface area contributed by atoms with Crippen molar-refractivity contribution in [2.24, 2.45) is 5.92 Å². The number of likely N-dealkylation sites (N-methyl/N-ethyl adjacent to an activating group) is 1. The molecule has 1 aliphatic heterocycles. The molecule has 1 saturated heterocycles. The Morgan fingerprint density at radius 2 is 2.00 bits per heavy atom. The van der Waals surface area contributed by atoms with Crippen LogP contribution in [0.25, 0.3) is 0 Å². The van der Waals surface area contributed by atoms with Gasteiger partial charge < -0.3 is 10.2 Å². The molecule has 0 aromatic rings. The van der Waals surface area contributed by atoms with E-state index in [9.17, 15) is 4.79 Å². The maximum atomic E-state index is 12.0. The highest BCUT2D eigenvalue weighted by atomic mass is 16.2. The molecule has 16 heavy (non-hydrogen) atoms. The molecule has 0 radical (unpaired) electrons. The van der Waals surface area contributed by atoms with Crippen molar-refractivity contribution in [3.05, 3.63) is 0 Å². The molecule has 0 aromatic carbocycles. The van der Waals surface area contributed by atoms with E-state index in [2.05, 4.69) is 5.32 Å². The third-order valence-corrected chi connectivity index (χ3v) is 4.02.